The summed E-state index contributed by atoms with van der Waals surface area (Å²) in [4.78, 5) is 22.6. The molecule has 0 aromatic heterocycles. The monoisotopic (exact) mass is 366 g/mol. The Balaban J connectivity index is 2.02. The highest BCUT2D eigenvalue weighted by atomic mass is 16.5. The van der Waals surface area contributed by atoms with E-state index in [0.29, 0.717) is 11.5 Å². The zero-order valence-electron chi connectivity index (χ0n) is 16.4. The van der Waals surface area contributed by atoms with Crippen LogP contribution >= 0.6 is 0 Å². The summed E-state index contributed by atoms with van der Waals surface area (Å²) in [5.74, 6) is 0.609. The van der Waals surface area contributed by atoms with Crippen molar-refractivity contribution in [1.82, 2.24) is 0 Å². The lowest BCUT2D eigenvalue weighted by Crippen LogP contribution is -2.24. The molecule has 0 unspecified atom stereocenters. The van der Waals surface area contributed by atoms with Crippen LogP contribution in [0.25, 0.3) is 0 Å². The average molecular weight is 366 g/mol. The van der Waals surface area contributed by atoms with Crippen LogP contribution in [0.5, 0.6) is 11.5 Å². The van der Waals surface area contributed by atoms with Crippen molar-refractivity contribution in [3.05, 3.63) is 58.7 Å². The molecule has 4 heteroatoms. The van der Waals surface area contributed by atoms with E-state index >= 15 is 0 Å². The van der Waals surface area contributed by atoms with E-state index in [4.69, 9.17) is 9.47 Å². The molecule has 0 heterocycles. The minimum absolute atomic E-state index is 0.0565. The maximum absolute atomic E-state index is 11.3. The van der Waals surface area contributed by atoms with Gasteiger partial charge in [0.05, 0.1) is 0 Å². The Hall–Kier alpha value is -2.62. The van der Waals surface area contributed by atoms with Gasteiger partial charge in [-0.2, -0.15) is 0 Å². The lowest BCUT2D eigenvalue weighted by molar-refractivity contribution is -0.132. The maximum atomic E-state index is 11.3. The topological polar surface area (TPSA) is 52.6 Å². The first-order valence-electron chi connectivity index (χ1n) is 9.41. The third kappa shape index (κ3) is 3.90. The average Bonchev–Trinajstić information content (AvgIpc) is 3.09. The molecule has 2 aromatic carbocycles. The number of carbonyl (C=O) groups excluding carboxylic acids is 2. The van der Waals surface area contributed by atoms with Crippen molar-refractivity contribution in [2.75, 3.05) is 0 Å². The molecule has 0 aliphatic heterocycles. The van der Waals surface area contributed by atoms with E-state index in [1.54, 1.807) is 0 Å². The predicted octanol–water partition coefficient (Wildman–Crippen LogP) is 5.01. The predicted molar refractivity (Wildman–Crippen MR) is 104 cm³/mol. The summed E-state index contributed by atoms with van der Waals surface area (Å²) in [7, 11) is 0. The van der Waals surface area contributed by atoms with E-state index in [1.165, 1.54) is 37.8 Å². The molecule has 0 bridgehead atoms. The third-order valence-corrected chi connectivity index (χ3v) is 5.42. The number of benzene rings is 2. The Kier molecular flexibility index (Phi) is 5.36. The number of esters is 2. The van der Waals surface area contributed by atoms with Crippen LogP contribution in [-0.4, -0.2) is 11.9 Å². The minimum atomic E-state index is -0.307. The highest BCUT2D eigenvalue weighted by Crippen LogP contribution is 2.47. The van der Waals surface area contributed by atoms with Crippen LogP contribution in [0, 0.1) is 13.8 Å². The molecular formula is C23H26O4. The Labute approximate surface area is 160 Å². The van der Waals surface area contributed by atoms with Gasteiger partial charge in [-0.3, -0.25) is 9.59 Å². The van der Waals surface area contributed by atoms with Crippen LogP contribution in [0.2, 0.25) is 0 Å². The molecule has 0 saturated heterocycles. The first-order valence-corrected chi connectivity index (χ1v) is 9.41. The summed E-state index contributed by atoms with van der Waals surface area (Å²) in [6.07, 6.45) is 4.50. The van der Waals surface area contributed by atoms with Gasteiger partial charge in [-0.1, -0.05) is 37.1 Å². The van der Waals surface area contributed by atoms with Gasteiger partial charge in [-0.25, -0.2) is 0 Å². The van der Waals surface area contributed by atoms with Gasteiger partial charge < -0.3 is 9.47 Å². The lowest BCUT2D eigenvalue weighted by Gasteiger charge is -2.31. The SMILES string of the molecule is CC(=O)Oc1ccc(C2(c3ccc(OC(C)=O)c(C)c3)CCCC2)cc1C. The van der Waals surface area contributed by atoms with Gasteiger partial charge in [0.1, 0.15) is 11.5 Å². The number of ether oxygens (including phenoxy) is 2. The number of hydrogen-bond acceptors (Lipinski definition) is 4. The second-order valence-corrected chi connectivity index (χ2v) is 7.44. The molecule has 1 saturated carbocycles. The zero-order chi connectivity index (χ0) is 19.6. The first kappa shape index (κ1) is 19.2. The number of aryl methyl sites for hydroxylation is 2. The van der Waals surface area contributed by atoms with Crippen LogP contribution in [0.4, 0.5) is 0 Å². The van der Waals surface area contributed by atoms with E-state index in [-0.39, 0.29) is 17.4 Å². The number of rotatable bonds is 4. The van der Waals surface area contributed by atoms with E-state index in [0.717, 1.165) is 24.0 Å². The summed E-state index contributed by atoms with van der Waals surface area (Å²) in [6, 6.07) is 12.2. The molecule has 1 fully saturated rings. The minimum Gasteiger partial charge on any atom is -0.426 e. The van der Waals surface area contributed by atoms with E-state index in [9.17, 15) is 9.59 Å². The normalized spacial score (nSPS) is 15.4. The molecule has 1 aliphatic carbocycles. The summed E-state index contributed by atoms with van der Waals surface area (Å²) in [5.41, 5.74) is 4.35. The van der Waals surface area contributed by atoms with Crippen LogP contribution in [0.3, 0.4) is 0 Å². The summed E-state index contributed by atoms with van der Waals surface area (Å²) in [6.45, 7) is 6.78. The Bertz CT molecular complexity index is 808. The molecule has 142 valence electrons. The molecule has 4 nitrogen and oxygen atoms in total. The summed E-state index contributed by atoms with van der Waals surface area (Å²) in [5, 5.41) is 0. The fourth-order valence-corrected chi connectivity index (χ4v) is 4.16. The molecule has 0 atom stereocenters. The van der Waals surface area contributed by atoms with Crippen molar-refractivity contribution in [3.63, 3.8) is 0 Å². The van der Waals surface area contributed by atoms with E-state index in [2.05, 4.69) is 24.3 Å². The smallest absolute Gasteiger partial charge is 0.308 e. The molecule has 2 aromatic rings. The summed E-state index contributed by atoms with van der Waals surface area (Å²) < 4.78 is 10.6. The molecular weight excluding hydrogens is 340 g/mol. The largest absolute Gasteiger partial charge is 0.426 e. The molecule has 0 N–H and O–H groups in total. The highest BCUT2D eigenvalue weighted by Gasteiger charge is 2.38. The second-order valence-electron chi connectivity index (χ2n) is 7.44. The molecule has 3 rings (SSSR count). The van der Waals surface area contributed by atoms with Crippen LogP contribution in [0.15, 0.2) is 36.4 Å². The van der Waals surface area contributed by atoms with Crippen molar-refractivity contribution in [2.24, 2.45) is 0 Å². The zero-order valence-corrected chi connectivity index (χ0v) is 16.4. The van der Waals surface area contributed by atoms with Gasteiger partial charge in [0.2, 0.25) is 0 Å². The molecule has 1 aliphatic rings. The number of hydrogen-bond donors (Lipinski definition) is 0. The van der Waals surface area contributed by atoms with Crippen molar-refractivity contribution in [2.45, 2.75) is 58.8 Å². The van der Waals surface area contributed by atoms with Gasteiger partial charge in [0.15, 0.2) is 0 Å². The standard InChI is InChI=1S/C23H26O4/c1-15-13-19(7-9-21(15)26-17(3)24)23(11-5-6-12-23)20-8-10-22(16(2)14-20)27-18(4)25/h7-10,13-14H,5-6,11-12H2,1-4H3. The second kappa shape index (κ2) is 7.55. The van der Waals surface area contributed by atoms with Crippen LogP contribution in [-0.2, 0) is 15.0 Å². The van der Waals surface area contributed by atoms with E-state index < -0.39 is 0 Å². The molecule has 0 radical (unpaired) electrons. The lowest BCUT2D eigenvalue weighted by atomic mass is 9.72. The summed E-state index contributed by atoms with van der Waals surface area (Å²) >= 11 is 0. The van der Waals surface area contributed by atoms with Gasteiger partial charge in [-0.15, -0.1) is 0 Å². The van der Waals surface area contributed by atoms with Crippen molar-refractivity contribution >= 4 is 11.9 Å². The van der Waals surface area contributed by atoms with E-state index in [1.807, 2.05) is 26.0 Å². The van der Waals surface area contributed by atoms with Gasteiger partial charge in [0, 0.05) is 19.3 Å². The van der Waals surface area contributed by atoms with Gasteiger partial charge in [-0.05, 0) is 61.1 Å². The van der Waals surface area contributed by atoms with Crippen LogP contribution in [0.1, 0.15) is 61.8 Å². The Morgan fingerprint density at radius 3 is 1.52 bits per heavy atom. The Morgan fingerprint density at radius 2 is 1.19 bits per heavy atom. The third-order valence-electron chi connectivity index (χ3n) is 5.42. The van der Waals surface area contributed by atoms with Crippen molar-refractivity contribution in [3.8, 4) is 11.5 Å². The van der Waals surface area contributed by atoms with Crippen molar-refractivity contribution < 1.29 is 19.1 Å². The fourth-order valence-electron chi connectivity index (χ4n) is 4.16. The van der Waals surface area contributed by atoms with Crippen LogP contribution < -0.4 is 9.47 Å². The number of carbonyl (C=O) groups is 2. The molecule has 0 amide bonds. The van der Waals surface area contributed by atoms with Crippen molar-refractivity contribution in [1.29, 1.82) is 0 Å². The first-order chi connectivity index (χ1) is 12.8. The highest BCUT2D eigenvalue weighted by molar-refractivity contribution is 5.70. The molecule has 27 heavy (non-hydrogen) atoms. The van der Waals surface area contributed by atoms with Gasteiger partial charge in [0.25, 0.3) is 0 Å². The quantitative estimate of drug-likeness (QED) is 0.563. The molecule has 0 spiro atoms. The van der Waals surface area contributed by atoms with Gasteiger partial charge >= 0.3 is 11.9 Å². The Morgan fingerprint density at radius 1 is 0.778 bits per heavy atom. The maximum Gasteiger partial charge on any atom is 0.308 e. The fraction of sp³-hybridized carbons (Fsp3) is 0.391.